The van der Waals surface area contributed by atoms with E-state index >= 15 is 0 Å². The Bertz CT molecular complexity index is 320. The lowest BCUT2D eigenvalue weighted by molar-refractivity contribution is 0.690. The van der Waals surface area contributed by atoms with E-state index in [4.69, 9.17) is 0 Å². The largest absolute Gasteiger partial charge is 0.0970 e. The van der Waals surface area contributed by atoms with E-state index in [0.717, 1.165) is 45.8 Å². The third kappa shape index (κ3) is 3.43. The highest BCUT2D eigenvalue weighted by atomic mass is 31.1. The van der Waals surface area contributed by atoms with Crippen molar-refractivity contribution in [2.45, 2.75) is 95.8 Å². The van der Waals surface area contributed by atoms with Crippen LogP contribution in [0, 0.1) is 11.8 Å². The van der Waals surface area contributed by atoms with Gasteiger partial charge in [-0.15, -0.1) is 0 Å². The van der Waals surface area contributed by atoms with Crippen LogP contribution in [-0.2, 0) is 0 Å². The fraction of sp³-hybridized carbons (Fsp3) is 0.895. The van der Waals surface area contributed by atoms with Gasteiger partial charge in [0.2, 0.25) is 0 Å². The zero-order chi connectivity index (χ0) is 15.9. The zero-order valence-electron chi connectivity index (χ0n) is 15.4. The molecule has 2 rings (SSSR count). The van der Waals surface area contributed by atoms with Gasteiger partial charge in [-0.05, 0) is 52.2 Å². The van der Waals surface area contributed by atoms with Crippen LogP contribution in [0.1, 0.15) is 61.8 Å². The Kier molecular flexibility index (Phi) is 5.99. The van der Waals surface area contributed by atoms with Crippen LogP contribution < -0.4 is 0 Å². The average molecular weight is 326 g/mol. The first-order valence-electron chi connectivity index (χ1n) is 8.98. The van der Waals surface area contributed by atoms with Crippen LogP contribution >= 0.6 is 15.8 Å². The highest BCUT2D eigenvalue weighted by Gasteiger charge is 2.52. The molecule has 1 saturated carbocycles. The molecule has 0 aliphatic heterocycles. The summed E-state index contributed by atoms with van der Waals surface area (Å²) >= 11 is 0. The Hall–Kier alpha value is 0.600. The van der Waals surface area contributed by atoms with Crippen LogP contribution in [0.2, 0.25) is 0 Å². The highest BCUT2D eigenvalue weighted by molar-refractivity contribution is 7.64. The minimum atomic E-state index is 0.149. The maximum atomic E-state index is 2.60. The molecule has 0 aromatic carbocycles. The Morgan fingerprint density at radius 1 is 0.619 bits per heavy atom. The first-order chi connectivity index (χ1) is 9.75. The van der Waals surface area contributed by atoms with Crippen molar-refractivity contribution in [1.82, 2.24) is 0 Å². The normalized spacial score (nSPS) is 32.1. The maximum Gasteiger partial charge on any atom is -0.00679 e. The van der Waals surface area contributed by atoms with E-state index in [-0.39, 0.29) is 15.8 Å². The summed E-state index contributed by atoms with van der Waals surface area (Å²) in [7, 11) is 0.298. The summed E-state index contributed by atoms with van der Waals surface area (Å²) in [6.45, 7) is 19.9. The molecule has 0 unspecified atom stereocenters. The lowest BCUT2D eigenvalue weighted by Crippen LogP contribution is -2.35. The molecule has 1 fully saturated rings. The molecule has 2 aliphatic rings. The topological polar surface area (TPSA) is 0 Å². The molecule has 0 saturated heterocycles. The second-order valence-electron chi connectivity index (χ2n) is 8.20. The molecule has 0 aromatic heterocycles. The SMILES string of the molecule is CC(C)P(C(C)C)[C@@H]1[C@@H](P(C(C)C)C(C)C)[C@H]2C=C[C@@H]1C2. The highest BCUT2D eigenvalue weighted by Crippen LogP contribution is 2.70. The molecule has 21 heavy (non-hydrogen) atoms. The van der Waals surface area contributed by atoms with Gasteiger partial charge < -0.3 is 0 Å². The van der Waals surface area contributed by atoms with Crippen molar-refractivity contribution in [3.63, 3.8) is 0 Å². The predicted molar refractivity (Wildman–Crippen MR) is 103 cm³/mol. The third-order valence-electron chi connectivity index (χ3n) is 5.45. The van der Waals surface area contributed by atoms with Crippen LogP contribution in [0.5, 0.6) is 0 Å². The van der Waals surface area contributed by atoms with Gasteiger partial charge in [0.05, 0.1) is 0 Å². The Balaban J connectivity index is 2.35. The Morgan fingerprint density at radius 3 is 1.14 bits per heavy atom. The smallest absolute Gasteiger partial charge is 0.00679 e. The third-order valence-corrected chi connectivity index (χ3v) is 13.2. The number of hydrogen-bond donors (Lipinski definition) is 0. The van der Waals surface area contributed by atoms with E-state index in [1.165, 1.54) is 6.42 Å². The van der Waals surface area contributed by atoms with Crippen molar-refractivity contribution in [3.8, 4) is 0 Å². The molecule has 0 radical (unpaired) electrons. The number of fused-ring (bicyclic) bond motifs is 2. The van der Waals surface area contributed by atoms with Gasteiger partial charge in [-0.3, -0.25) is 0 Å². The molecule has 2 aliphatic carbocycles. The number of allylic oxidation sites excluding steroid dienone is 2. The Morgan fingerprint density at radius 2 is 0.905 bits per heavy atom. The van der Waals surface area contributed by atoms with Gasteiger partial charge in [0.15, 0.2) is 0 Å². The fourth-order valence-corrected chi connectivity index (χ4v) is 13.7. The van der Waals surface area contributed by atoms with Gasteiger partial charge in [0.1, 0.15) is 0 Å². The van der Waals surface area contributed by atoms with Crippen molar-refractivity contribution in [1.29, 1.82) is 0 Å². The van der Waals surface area contributed by atoms with E-state index < -0.39 is 0 Å². The van der Waals surface area contributed by atoms with Gasteiger partial charge in [-0.25, -0.2) is 0 Å². The van der Waals surface area contributed by atoms with Crippen molar-refractivity contribution in [2.24, 2.45) is 11.8 Å². The van der Waals surface area contributed by atoms with E-state index in [0.29, 0.717) is 0 Å². The molecule has 2 bridgehead atoms. The number of hydrogen-bond acceptors (Lipinski definition) is 0. The predicted octanol–water partition coefficient (Wildman–Crippen LogP) is 6.53. The quantitative estimate of drug-likeness (QED) is 0.384. The fourth-order valence-electron chi connectivity index (χ4n) is 5.13. The molecule has 0 N–H and O–H groups in total. The van der Waals surface area contributed by atoms with Gasteiger partial charge >= 0.3 is 0 Å². The average Bonchev–Trinajstić information content (AvgIpc) is 2.90. The molecular weight excluding hydrogens is 290 g/mol. The molecule has 0 amide bonds. The molecule has 2 heteroatoms. The summed E-state index contributed by atoms with van der Waals surface area (Å²) in [5.74, 6) is 1.83. The molecule has 122 valence electrons. The van der Waals surface area contributed by atoms with Crippen molar-refractivity contribution in [3.05, 3.63) is 12.2 Å². The monoisotopic (exact) mass is 326 g/mol. The zero-order valence-corrected chi connectivity index (χ0v) is 17.2. The summed E-state index contributed by atoms with van der Waals surface area (Å²) in [5, 5.41) is 0. The first kappa shape index (κ1) is 17.9. The summed E-state index contributed by atoms with van der Waals surface area (Å²) in [6, 6.07) is 0. The standard InChI is InChI=1S/C19H36P2/c1-12(2)20(13(3)4)18-16-9-10-17(11-16)19(18)21(14(5)6)15(7)8/h9-10,12-19H,11H2,1-8H3/t16-,17+,18-,19-/m0/s1. The van der Waals surface area contributed by atoms with Crippen LogP contribution in [0.3, 0.4) is 0 Å². The summed E-state index contributed by atoms with van der Waals surface area (Å²) in [4.78, 5) is 0. The van der Waals surface area contributed by atoms with Gasteiger partial charge in [0.25, 0.3) is 0 Å². The minimum absolute atomic E-state index is 0.149. The van der Waals surface area contributed by atoms with Crippen LogP contribution in [0.25, 0.3) is 0 Å². The second kappa shape index (κ2) is 7.01. The summed E-state index contributed by atoms with van der Waals surface area (Å²) in [5.41, 5.74) is 5.58. The van der Waals surface area contributed by atoms with Gasteiger partial charge in [0, 0.05) is 0 Å². The maximum absolute atomic E-state index is 2.60. The lowest BCUT2D eigenvalue weighted by atomic mass is 10.1. The van der Waals surface area contributed by atoms with E-state index in [1.807, 2.05) is 0 Å². The lowest BCUT2D eigenvalue weighted by Gasteiger charge is -2.45. The summed E-state index contributed by atoms with van der Waals surface area (Å²) < 4.78 is 0. The van der Waals surface area contributed by atoms with Crippen LogP contribution in [-0.4, -0.2) is 34.0 Å². The van der Waals surface area contributed by atoms with E-state index in [1.54, 1.807) is 0 Å². The van der Waals surface area contributed by atoms with E-state index in [2.05, 4.69) is 67.5 Å². The first-order valence-corrected chi connectivity index (χ1v) is 12.1. The van der Waals surface area contributed by atoms with E-state index in [9.17, 15) is 0 Å². The van der Waals surface area contributed by atoms with Crippen molar-refractivity contribution >= 4 is 15.8 Å². The molecule has 0 aromatic rings. The molecule has 4 atom stereocenters. The molecule has 0 spiro atoms. The van der Waals surface area contributed by atoms with Gasteiger partial charge in [-0.1, -0.05) is 83.4 Å². The molecule has 0 nitrogen and oxygen atoms in total. The second-order valence-corrected chi connectivity index (χ2v) is 15.3. The molecule has 0 heterocycles. The summed E-state index contributed by atoms with van der Waals surface area (Å²) in [6.07, 6.45) is 6.67. The van der Waals surface area contributed by atoms with Crippen molar-refractivity contribution < 1.29 is 0 Å². The molecular formula is C19H36P2. The van der Waals surface area contributed by atoms with Crippen LogP contribution in [0.15, 0.2) is 12.2 Å². The van der Waals surface area contributed by atoms with Crippen LogP contribution in [0.4, 0.5) is 0 Å². The van der Waals surface area contributed by atoms with Gasteiger partial charge in [-0.2, -0.15) is 0 Å². The number of rotatable bonds is 6. The minimum Gasteiger partial charge on any atom is -0.0970 e. The van der Waals surface area contributed by atoms with Crippen molar-refractivity contribution in [2.75, 3.05) is 0 Å². The Labute approximate surface area is 136 Å².